The molecule has 3 rings (SSSR count). The van der Waals surface area contributed by atoms with E-state index in [1.807, 2.05) is 31.2 Å². The SMILES string of the molecule is CCC.Cc1ccccc1CN1C(=O)c2ccccc2C1=O. The zero-order chi connectivity index (χ0) is 16.1. The molecule has 0 aromatic heterocycles. The lowest BCUT2D eigenvalue weighted by Crippen LogP contribution is -2.29. The molecular weight excluding hydrogens is 274 g/mol. The molecule has 2 aromatic carbocycles. The van der Waals surface area contributed by atoms with Gasteiger partial charge >= 0.3 is 0 Å². The van der Waals surface area contributed by atoms with Crippen LogP contribution < -0.4 is 0 Å². The molecule has 0 saturated heterocycles. The third-order valence-corrected chi connectivity index (χ3v) is 3.47. The van der Waals surface area contributed by atoms with Crippen LogP contribution in [0.4, 0.5) is 0 Å². The molecule has 2 aromatic rings. The van der Waals surface area contributed by atoms with E-state index >= 15 is 0 Å². The molecule has 1 aliphatic heterocycles. The Morgan fingerprint density at radius 2 is 1.27 bits per heavy atom. The van der Waals surface area contributed by atoms with Gasteiger partial charge < -0.3 is 0 Å². The van der Waals surface area contributed by atoms with Crippen LogP contribution in [0.25, 0.3) is 0 Å². The highest BCUT2D eigenvalue weighted by molar-refractivity contribution is 6.21. The van der Waals surface area contributed by atoms with Crippen molar-refractivity contribution >= 4 is 11.8 Å². The minimum Gasteiger partial charge on any atom is -0.270 e. The molecule has 0 bridgehead atoms. The van der Waals surface area contributed by atoms with Crippen LogP contribution in [-0.4, -0.2) is 16.7 Å². The highest BCUT2D eigenvalue weighted by Crippen LogP contribution is 2.24. The summed E-state index contributed by atoms with van der Waals surface area (Å²) in [6.07, 6.45) is 1.25. The topological polar surface area (TPSA) is 37.4 Å². The summed E-state index contributed by atoms with van der Waals surface area (Å²) in [6.45, 7) is 6.56. The standard InChI is InChI=1S/C16H13NO2.C3H8/c1-11-6-2-3-7-12(11)10-17-15(18)13-8-4-5-9-14(13)16(17)19;1-3-2/h2-9H,10H2,1H3;3H2,1-2H3. The van der Waals surface area contributed by atoms with E-state index in [-0.39, 0.29) is 11.8 Å². The van der Waals surface area contributed by atoms with Crippen LogP contribution in [0.15, 0.2) is 48.5 Å². The number of amides is 2. The molecule has 0 aliphatic carbocycles. The van der Waals surface area contributed by atoms with Gasteiger partial charge in [-0.05, 0) is 30.2 Å². The van der Waals surface area contributed by atoms with E-state index in [1.54, 1.807) is 24.3 Å². The molecule has 0 saturated carbocycles. The predicted octanol–water partition coefficient (Wildman–Crippen LogP) is 4.21. The smallest absolute Gasteiger partial charge is 0.261 e. The van der Waals surface area contributed by atoms with Gasteiger partial charge in [-0.15, -0.1) is 0 Å². The molecular formula is C19H21NO2. The molecule has 0 spiro atoms. The summed E-state index contributed by atoms with van der Waals surface area (Å²) in [4.78, 5) is 25.8. The molecule has 114 valence electrons. The lowest BCUT2D eigenvalue weighted by Gasteiger charge is -2.15. The van der Waals surface area contributed by atoms with Crippen molar-refractivity contribution in [1.82, 2.24) is 4.90 Å². The summed E-state index contributed by atoms with van der Waals surface area (Å²) in [5.74, 6) is -0.410. The summed E-state index contributed by atoms with van der Waals surface area (Å²) >= 11 is 0. The second-order valence-electron chi connectivity index (χ2n) is 5.38. The van der Waals surface area contributed by atoms with E-state index in [2.05, 4.69) is 13.8 Å². The van der Waals surface area contributed by atoms with Gasteiger partial charge in [-0.1, -0.05) is 56.7 Å². The Balaban J connectivity index is 0.000000545. The van der Waals surface area contributed by atoms with Crippen molar-refractivity contribution in [1.29, 1.82) is 0 Å². The van der Waals surface area contributed by atoms with E-state index < -0.39 is 0 Å². The lowest BCUT2D eigenvalue weighted by molar-refractivity contribution is 0.0642. The molecule has 0 N–H and O–H groups in total. The third-order valence-electron chi connectivity index (χ3n) is 3.47. The van der Waals surface area contributed by atoms with Crippen molar-refractivity contribution in [3.05, 3.63) is 70.8 Å². The van der Waals surface area contributed by atoms with Crippen LogP contribution in [0, 0.1) is 6.92 Å². The largest absolute Gasteiger partial charge is 0.270 e. The number of hydrogen-bond donors (Lipinski definition) is 0. The molecule has 0 fully saturated rings. The Morgan fingerprint density at radius 1 is 0.818 bits per heavy atom. The fraction of sp³-hybridized carbons (Fsp3) is 0.263. The number of fused-ring (bicyclic) bond motifs is 1. The first-order chi connectivity index (χ1) is 10.6. The van der Waals surface area contributed by atoms with Crippen molar-refractivity contribution in [2.45, 2.75) is 33.7 Å². The number of benzene rings is 2. The second-order valence-corrected chi connectivity index (χ2v) is 5.38. The lowest BCUT2D eigenvalue weighted by atomic mass is 10.1. The number of aryl methyl sites for hydroxylation is 1. The van der Waals surface area contributed by atoms with Crippen LogP contribution in [-0.2, 0) is 6.54 Å². The van der Waals surface area contributed by atoms with E-state index in [1.165, 1.54) is 11.3 Å². The number of hydrogen-bond acceptors (Lipinski definition) is 2. The Morgan fingerprint density at radius 3 is 1.77 bits per heavy atom. The second kappa shape index (κ2) is 7.03. The van der Waals surface area contributed by atoms with Crippen LogP contribution in [0.2, 0.25) is 0 Å². The summed E-state index contributed by atoms with van der Waals surface area (Å²) < 4.78 is 0. The molecule has 1 aliphatic rings. The summed E-state index contributed by atoms with van der Waals surface area (Å²) in [5.41, 5.74) is 3.08. The van der Waals surface area contributed by atoms with Crippen LogP contribution in [0.5, 0.6) is 0 Å². The minimum atomic E-state index is -0.205. The molecule has 22 heavy (non-hydrogen) atoms. The van der Waals surface area contributed by atoms with Gasteiger partial charge in [0, 0.05) is 0 Å². The fourth-order valence-corrected chi connectivity index (χ4v) is 2.34. The average Bonchev–Trinajstić information content (AvgIpc) is 2.76. The molecule has 0 unspecified atom stereocenters. The normalized spacial score (nSPS) is 12.8. The first-order valence-corrected chi connectivity index (χ1v) is 7.59. The fourth-order valence-electron chi connectivity index (χ4n) is 2.34. The van der Waals surface area contributed by atoms with E-state index in [9.17, 15) is 9.59 Å². The number of carbonyl (C=O) groups excluding carboxylic acids is 2. The first-order valence-electron chi connectivity index (χ1n) is 7.59. The molecule has 0 atom stereocenters. The van der Waals surface area contributed by atoms with Gasteiger partial charge in [0.2, 0.25) is 0 Å². The van der Waals surface area contributed by atoms with Gasteiger partial charge in [0.25, 0.3) is 11.8 Å². The predicted molar refractivity (Wildman–Crippen MR) is 87.8 cm³/mol. The number of carbonyl (C=O) groups is 2. The zero-order valence-electron chi connectivity index (χ0n) is 13.3. The Kier molecular flexibility index (Phi) is 5.10. The third kappa shape index (κ3) is 3.08. The minimum absolute atomic E-state index is 0.205. The van der Waals surface area contributed by atoms with E-state index in [0.717, 1.165) is 11.1 Å². The van der Waals surface area contributed by atoms with Gasteiger partial charge in [-0.2, -0.15) is 0 Å². The quantitative estimate of drug-likeness (QED) is 0.778. The maximum absolute atomic E-state index is 12.2. The summed E-state index contributed by atoms with van der Waals surface area (Å²) in [5, 5.41) is 0. The Labute approximate surface area is 131 Å². The number of imide groups is 1. The first kappa shape index (κ1) is 16.0. The van der Waals surface area contributed by atoms with Gasteiger partial charge in [-0.25, -0.2) is 0 Å². The van der Waals surface area contributed by atoms with Crippen molar-refractivity contribution in [3.63, 3.8) is 0 Å². The number of rotatable bonds is 2. The molecule has 0 radical (unpaired) electrons. The molecule has 3 nitrogen and oxygen atoms in total. The van der Waals surface area contributed by atoms with Gasteiger partial charge in [-0.3, -0.25) is 14.5 Å². The Bertz CT molecular complexity index is 656. The number of nitrogens with zero attached hydrogens (tertiary/aromatic N) is 1. The van der Waals surface area contributed by atoms with Crippen LogP contribution in [0.1, 0.15) is 52.1 Å². The van der Waals surface area contributed by atoms with Gasteiger partial charge in [0.05, 0.1) is 17.7 Å². The maximum Gasteiger partial charge on any atom is 0.261 e. The maximum atomic E-state index is 12.2. The monoisotopic (exact) mass is 295 g/mol. The van der Waals surface area contributed by atoms with E-state index in [4.69, 9.17) is 0 Å². The van der Waals surface area contributed by atoms with Crippen molar-refractivity contribution in [2.24, 2.45) is 0 Å². The highest BCUT2D eigenvalue weighted by atomic mass is 16.2. The van der Waals surface area contributed by atoms with Crippen LogP contribution >= 0.6 is 0 Å². The summed E-state index contributed by atoms with van der Waals surface area (Å²) in [6, 6.07) is 14.7. The van der Waals surface area contributed by atoms with Crippen molar-refractivity contribution in [2.75, 3.05) is 0 Å². The van der Waals surface area contributed by atoms with Gasteiger partial charge in [0.1, 0.15) is 0 Å². The van der Waals surface area contributed by atoms with Crippen molar-refractivity contribution < 1.29 is 9.59 Å². The summed E-state index contributed by atoms with van der Waals surface area (Å²) in [7, 11) is 0. The highest BCUT2D eigenvalue weighted by Gasteiger charge is 2.34. The molecule has 1 heterocycles. The zero-order valence-corrected chi connectivity index (χ0v) is 13.3. The molecule has 3 heteroatoms. The van der Waals surface area contributed by atoms with Crippen molar-refractivity contribution in [3.8, 4) is 0 Å². The molecule has 2 amide bonds. The van der Waals surface area contributed by atoms with E-state index in [0.29, 0.717) is 17.7 Å². The van der Waals surface area contributed by atoms with Crippen LogP contribution in [0.3, 0.4) is 0 Å². The van der Waals surface area contributed by atoms with Gasteiger partial charge in [0.15, 0.2) is 0 Å². The Hall–Kier alpha value is -2.42. The average molecular weight is 295 g/mol.